The second-order valence-electron chi connectivity index (χ2n) is 6.15. The number of carbonyl (C=O) groups is 2. The molecule has 0 aliphatic carbocycles. The van der Waals surface area contributed by atoms with Gasteiger partial charge in [-0.15, -0.1) is 11.3 Å². The lowest BCUT2D eigenvalue weighted by atomic mass is 10.1. The van der Waals surface area contributed by atoms with Crippen molar-refractivity contribution in [3.63, 3.8) is 0 Å². The molecule has 2 N–H and O–H groups in total. The lowest BCUT2D eigenvalue weighted by Crippen LogP contribution is -2.34. The maximum atomic E-state index is 12.7. The lowest BCUT2D eigenvalue weighted by Gasteiger charge is -2.12. The number of nitrogens with one attached hydrogen (secondary N) is 2. The van der Waals surface area contributed by atoms with Crippen LogP contribution in [0.5, 0.6) is 0 Å². The number of aryl methyl sites for hydroxylation is 1. The van der Waals surface area contributed by atoms with Gasteiger partial charge in [-0.1, -0.05) is 48.0 Å². The Morgan fingerprint density at radius 3 is 2.46 bits per heavy atom. The molecular formula is C22H19ClN2O2S. The quantitative estimate of drug-likeness (QED) is 0.573. The minimum absolute atomic E-state index is 0.199. The zero-order valence-corrected chi connectivity index (χ0v) is 16.8. The van der Waals surface area contributed by atoms with Gasteiger partial charge in [-0.3, -0.25) is 9.59 Å². The van der Waals surface area contributed by atoms with Crippen LogP contribution < -0.4 is 10.6 Å². The maximum Gasteiger partial charge on any atom is 0.268 e. The van der Waals surface area contributed by atoms with Gasteiger partial charge in [-0.25, -0.2) is 0 Å². The minimum atomic E-state index is -0.356. The highest BCUT2D eigenvalue weighted by Gasteiger charge is 2.16. The fourth-order valence-corrected chi connectivity index (χ4v) is 3.35. The zero-order chi connectivity index (χ0) is 19.9. The minimum Gasteiger partial charge on any atom is -0.347 e. The highest BCUT2D eigenvalue weighted by Crippen LogP contribution is 2.14. The SMILES string of the molecule is Cc1ccccc1C(=O)N/C(=C\c1cccs1)C(=O)NCc1ccc(Cl)cc1. The molecule has 0 radical (unpaired) electrons. The number of hydrogen-bond donors (Lipinski definition) is 2. The number of halogens is 1. The van der Waals surface area contributed by atoms with Crippen LogP contribution in [0.2, 0.25) is 5.02 Å². The summed E-state index contributed by atoms with van der Waals surface area (Å²) >= 11 is 7.38. The molecule has 3 rings (SSSR count). The van der Waals surface area contributed by atoms with Crippen LogP contribution in [0, 0.1) is 6.92 Å². The van der Waals surface area contributed by atoms with Gasteiger partial charge in [0, 0.05) is 22.0 Å². The van der Waals surface area contributed by atoms with Crippen molar-refractivity contribution in [1.82, 2.24) is 10.6 Å². The van der Waals surface area contributed by atoms with Crippen LogP contribution in [-0.4, -0.2) is 11.8 Å². The van der Waals surface area contributed by atoms with E-state index in [1.54, 1.807) is 30.3 Å². The van der Waals surface area contributed by atoms with Crippen LogP contribution in [0.3, 0.4) is 0 Å². The van der Waals surface area contributed by atoms with Gasteiger partial charge in [-0.05, 0) is 53.8 Å². The van der Waals surface area contributed by atoms with Crippen LogP contribution in [0.4, 0.5) is 0 Å². The average molecular weight is 411 g/mol. The van der Waals surface area contributed by atoms with E-state index in [1.807, 2.05) is 48.7 Å². The standard InChI is InChI=1S/C22H19ClN2O2S/c1-15-5-2-3-7-19(15)21(26)25-20(13-18-6-4-12-28-18)22(27)24-14-16-8-10-17(23)11-9-16/h2-13H,14H2,1H3,(H,24,27)(H,25,26)/b20-13-. The molecule has 1 heterocycles. The lowest BCUT2D eigenvalue weighted by molar-refractivity contribution is -0.117. The van der Waals surface area contributed by atoms with E-state index in [1.165, 1.54) is 11.3 Å². The summed E-state index contributed by atoms with van der Waals surface area (Å²) in [6.45, 7) is 2.19. The normalized spacial score (nSPS) is 11.1. The number of thiophene rings is 1. The van der Waals surface area contributed by atoms with Crippen molar-refractivity contribution in [2.75, 3.05) is 0 Å². The number of carbonyl (C=O) groups excluding carboxylic acids is 2. The van der Waals surface area contributed by atoms with Gasteiger partial charge in [0.05, 0.1) is 0 Å². The Morgan fingerprint density at radius 2 is 1.79 bits per heavy atom. The molecule has 0 aliphatic heterocycles. The van der Waals surface area contributed by atoms with Crippen molar-refractivity contribution in [3.05, 3.63) is 98.3 Å². The number of amides is 2. The monoisotopic (exact) mass is 410 g/mol. The largest absolute Gasteiger partial charge is 0.347 e. The Kier molecular flexibility index (Phi) is 6.63. The predicted molar refractivity (Wildman–Crippen MR) is 114 cm³/mol. The first-order valence-electron chi connectivity index (χ1n) is 8.68. The second kappa shape index (κ2) is 9.35. The first-order chi connectivity index (χ1) is 13.5. The molecule has 1 aromatic heterocycles. The third-order valence-electron chi connectivity index (χ3n) is 4.08. The van der Waals surface area contributed by atoms with Gasteiger partial charge in [0.25, 0.3) is 11.8 Å². The number of benzene rings is 2. The van der Waals surface area contributed by atoms with Gasteiger partial charge >= 0.3 is 0 Å². The molecule has 0 aliphatic rings. The van der Waals surface area contributed by atoms with Crippen molar-refractivity contribution >= 4 is 40.8 Å². The van der Waals surface area contributed by atoms with E-state index in [2.05, 4.69) is 10.6 Å². The van der Waals surface area contributed by atoms with Crippen LogP contribution in [0.15, 0.2) is 71.7 Å². The molecule has 6 heteroatoms. The van der Waals surface area contributed by atoms with E-state index in [4.69, 9.17) is 11.6 Å². The summed E-state index contributed by atoms with van der Waals surface area (Å²) in [5.74, 6) is -0.673. The zero-order valence-electron chi connectivity index (χ0n) is 15.2. The van der Waals surface area contributed by atoms with Crippen LogP contribution in [-0.2, 0) is 11.3 Å². The molecule has 0 bridgehead atoms. The van der Waals surface area contributed by atoms with Crippen molar-refractivity contribution in [2.45, 2.75) is 13.5 Å². The van der Waals surface area contributed by atoms with Crippen molar-refractivity contribution in [3.8, 4) is 0 Å². The Bertz CT molecular complexity index is 996. The molecule has 2 aromatic carbocycles. The predicted octanol–water partition coefficient (Wildman–Crippen LogP) is 4.80. The van der Waals surface area contributed by atoms with E-state index in [9.17, 15) is 9.59 Å². The molecule has 0 unspecified atom stereocenters. The van der Waals surface area contributed by atoms with Gasteiger partial charge in [-0.2, -0.15) is 0 Å². The third kappa shape index (κ3) is 5.31. The average Bonchev–Trinajstić information content (AvgIpc) is 3.20. The van der Waals surface area contributed by atoms with Crippen molar-refractivity contribution < 1.29 is 9.59 Å². The molecule has 142 valence electrons. The van der Waals surface area contributed by atoms with Crippen LogP contribution >= 0.6 is 22.9 Å². The Hall–Kier alpha value is -2.89. The van der Waals surface area contributed by atoms with Gasteiger partial charge in [0.2, 0.25) is 0 Å². The highest BCUT2D eigenvalue weighted by molar-refractivity contribution is 7.10. The Balaban J connectivity index is 1.77. The molecule has 0 fully saturated rings. The van der Waals surface area contributed by atoms with E-state index in [0.29, 0.717) is 17.1 Å². The summed E-state index contributed by atoms with van der Waals surface area (Å²) in [7, 11) is 0. The second-order valence-corrected chi connectivity index (χ2v) is 7.57. The van der Waals surface area contributed by atoms with E-state index < -0.39 is 0 Å². The smallest absolute Gasteiger partial charge is 0.268 e. The van der Waals surface area contributed by atoms with Crippen molar-refractivity contribution in [2.24, 2.45) is 0 Å². The summed E-state index contributed by atoms with van der Waals surface area (Å²) in [6, 6.07) is 18.3. The first kappa shape index (κ1) is 19.9. The molecule has 0 saturated heterocycles. The Morgan fingerprint density at radius 1 is 1.04 bits per heavy atom. The van der Waals surface area contributed by atoms with Gasteiger partial charge in [0.15, 0.2) is 0 Å². The Labute approximate surface area is 172 Å². The summed E-state index contributed by atoms with van der Waals surface area (Å²) in [4.78, 5) is 26.3. The fourth-order valence-electron chi connectivity index (χ4n) is 2.57. The van der Waals surface area contributed by atoms with Gasteiger partial charge < -0.3 is 10.6 Å². The molecule has 3 aromatic rings. The summed E-state index contributed by atoms with van der Waals surface area (Å²) in [5, 5.41) is 8.15. The maximum absolute atomic E-state index is 12.7. The topological polar surface area (TPSA) is 58.2 Å². The first-order valence-corrected chi connectivity index (χ1v) is 9.93. The summed E-state index contributed by atoms with van der Waals surface area (Å²) < 4.78 is 0. The molecule has 28 heavy (non-hydrogen) atoms. The molecule has 0 spiro atoms. The third-order valence-corrected chi connectivity index (χ3v) is 5.15. The summed E-state index contributed by atoms with van der Waals surface area (Å²) in [6.07, 6.45) is 1.68. The fraction of sp³-hybridized carbons (Fsp3) is 0.0909. The molecule has 2 amide bonds. The van der Waals surface area contributed by atoms with Crippen LogP contribution in [0.1, 0.15) is 26.4 Å². The van der Waals surface area contributed by atoms with Crippen LogP contribution in [0.25, 0.3) is 6.08 Å². The van der Waals surface area contributed by atoms with Gasteiger partial charge in [0.1, 0.15) is 5.70 Å². The highest BCUT2D eigenvalue weighted by atomic mass is 35.5. The van der Waals surface area contributed by atoms with E-state index >= 15 is 0 Å². The molecule has 0 saturated carbocycles. The molecule has 0 atom stereocenters. The molecule has 4 nitrogen and oxygen atoms in total. The van der Waals surface area contributed by atoms with Crippen molar-refractivity contribution in [1.29, 1.82) is 0 Å². The summed E-state index contributed by atoms with van der Waals surface area (Å²) in [5.41, 5.74) is 2.49. The number of hydrogen-bond acceptors (Lipinski definition) is 3. The van der Waals surface area contributed by atoms with E-state index in [-0.39, 0.29) is 17.5 Å². The number of rotatable bonds is 6. The molecular weight excluding hydrogens is 392 g/mol. The van der Waals surface area contributed by atoms with E-state index in [0.717, 1.165) is 16.0 Å².